The van der Waals surface area contributed by atoms with Crippen LogP contribution in [0.15, 0.2) is 48.5 Å². The number of halogens is 1. The third kappa shape index (κ3) is 5.33. The minimum atomic E-state index is -0.636. The Hall–Kier alpha value is -2.33. The average molecular weight is 359 g/mol. The lowest BCUT2D eigenvalue weighted by molar-refractivity contribution is -0.118. The van der Waals surface area contributed by atoms with Gasteiger partial charge in [-0.15, -0.1) is 0 Å². The molecule has 1 unspecified atom stereocenters. The normalized spacial score (nSPS) is 11.9. The second-order valence-electron chi connectivity index (χ2n) is 6.44. The van der Waals surface area contributed by atoms with E-state index in [0.717, 1.165) is 5.56 Å². The van der Waals surface area contributed by atoms with E-state index in [1.54, 1.807) is 30.3 Å². The fourth-order valence-electron chi connectivity index (χ4n) is 2.55. The van der Waals surface area contributed by atoms with Gasteiger partial charge >= 0.3 is 0 Å². The summed E-state index contributed by atoms with van der Waals surface area (Å²) < 4.78 is 0. The molecule has 25 heavy (non-hydrogen) atoms. The van der Waals surface area contributed by atoms with Crippen molar-refractivity contribution in [1.82, 2.24) is 5.32 Å². The Labute approximate surface area is 153 Å². The number of benzene rings is 2. The Morgan fingerprint density at radius 1 is 1.04 bits per heavy atom. The predicted molar refractivity (Wildman–Crippen MR) is 102 cm³/mol. The zero-order valence-electron chi connectivity index (χ0n) is 14.7. The molecule has 132 valence electrons. The molecular weight excluding hydrogens is 336 g/mol. The van der Waals surface area contributed by atoms with Crippen molar-refractivity contribution in [3.05, 3.63) is 64.7 Å². The molecule has 2 amide bonds. The summed E-state index contributed by atoms with van der Waals surface area (Å²) in [7, 11) is 0. The Kier molecular flexibility index (Phi) is 6.59. The largest absolute Gasteiger partial charge is 0.340 e. The summed E-state index contributed by atoms with van der Waals surface area (Å²) in [5, 5.41) is 6.11. The van der Waals surface area contributed by atoms with E-state index in [1.807, 2.05) is 39.0 Å². The molecule has 5 heteroatoms. The minimum absolute atomic E-state index is 0.249. The topological polar surface area (TPSA) is 58.2 Å². The number of aryl methyl sites for hydroxylation is 1. The van der Waals surface area contributed by atoms with E-state index in [0.29, 0.717) is 22.7 Å². The molecule has 0 aliphatic carbocycles. The SMILES string of the molecule is Cc1ccccc1C(=O)NC(CC(C)C)C(=O)Nc1ccccc1Cl. The van der Waals surface area contributed by atoms with Crippen LogP contribution in [0.4, 0.5) is 5.69 Å². The van der Waals surface area contributed by atoms with Crippen LogP contribution in [0.3, 0.4) is 0 Å². The van der Waals surface area contributed by atoms with Crippen LogP contribution in [-0.2, 0) is 4.79 Å². The van der Waals surface area contributed by atoms with Crippen LogP contribution < -0.4 is 10.6 Å². The summed E-state index contributed by atoms with van der Waals surface area (Å²) in [6.07, 6.45) is 0.536. The first-order valence-corrected chi connectivity index (χ1v) is 8.68. The number of hydrogen-bond acceptors (Lipinski definition) is 2. The van der Waals surface area contributed by atoms with Crippen molar-refractivity contribution in [1.29, 1.82) is 0 Å². The maximum atomic E-state index is 12.7. The smallest absolute Gasteiger partial charge is 0.252 e. The lowest BCUT2D eigenvalue weighted by atomic mass is 10.0. The zero-order valence-corrected chi connectivity index (χ0v) is 15.4. The highest BCUT2D eigenvalue weighted by molar-refractivity contribution is 6.33. The van der Waals surface area contributed by atoms with Crippen LogP contribution in [0.2, 0.25) is 5.02 Å². The van der Waals surface area contributed by atoms with E-state index in [4.69, 9.17) is 11.6 Å². The minimum Gasteiger partial charge on any atom is -0.340 e. The van der Waals surface area contributed by atoms with E-state index in [2.05, 4.69) is 10.6 Å². The molecule has 2 rings (SSSR count). The van der Waals surface area contributed by atoms with Crippen LogP contribution in [0, 0.1) is 12.8 Å². The summed E-state index contributed by atoms with van der Waals surface area (Å²) in [4.78, 5) is 25.2. The number of hydrogen-bond donors (Lipinski definition) is 2. The van der Waals surface area contributed by atoms with Gasteiger partial charge < -0.3 is 10.6 Å². The Morgan fingerprint density at radius 3 is 2.32 bits per heavy atom. The van der Waals surface area contributed by atoms with Crippen molar-refractivity contribution >= 4 is 29.1 Å². The molecule has 0 saturated heterocycles. The molecule has 0 aliphatic rings. The summed E-state index contributed by atoms with van der Waals surface area (Å²) in [6.45, 7) is 5.89. The van der Waals surface area contributed by atoms with Crippen molar-refractivity contribution in [2.24, 2.45) is 5.92 Å². The first-order valence-electron chi connectivity index (χ1n) is 8.30. The molecule has 0 saturated carbocycles. The highest BCUT2D eigenvalue weighted by Gasteiger charge is 2.23. The first kappa shape index (κ1) is 19.0. The van der Waals surface area contributed by atoms with Crippen molar-refractivity contribution in [3.63, 3.8) is 0 Å². The summed E-state index contributed by atoms with van der Waals surface area (Å²) >= 11 is 6.10. The van der Waals surface area contributed by atoms with Gasteiger partial charge in [0.15, 0.2) is 0 Å². The van der Waals surface area contributed by atoms with Crippen molar-refractivity contribution < 1.29 is 9.59 Å². The quantitative estimate of drug-likeness (QED) is 0.802. The number of anilines is 1. The lowest BCUT2D eigenvalue weighted by Crippen LogP contribution is -2.44. The third-order valence-corrected chi connectivity index (χ3v) is 4.18. The molecular formula is C20H23ClN2O2. The second-order valence-corrected chi connectivity index (χ2v) is 6.85. The van der Waals surface area contributed by atoms with E-state index in [1.165, 1.54) is 0 Å². The van der Waals surface area contributed by atoms with Gasteiger partial charge in [0.25, 0.3) is 5.91 Å². The van der Waals surface area contributed by atoms with Crippen LogP contribution >= 0.6 is 11.6 Å². The van der Waals surface area contributed by atoms with E-state index >= 15 is 0 Å². The first-order chi connectivity index (χ1) is 11.9. The van der Waals surface area contributed by atoms with Crippen molar-refractivity contribution in [3.8, 4) is 0 Å². The van der Waals surface area contributed by atoms with Gasteiger partial charge in [0.1, 0.15) is 6.04 Å². The number of amides is 2. The Morgan fingerprint density at radius 2 is 1.68 bits per heavy atom. The lowest BCUT2D eigenvalue weighted by Gasteiger charge is -2.21. The van der Waals surface area contributed by atoms with Crippen LogP contribution in [0.25, 0.3) is 0 Å². The predicted octanol–water partition coefficient (Wildman–Crippen LogP) is 4.43. The maximum Gasteiger partial charge on any atom is 0.252 e. The molecule has 0 radical (unpaired) electrons. The van der Waals surface area contributed by atoms with Crippen LogP contribution in [-0.4, -0.2) is 17.9 Å². The second kappa shape index (κ2) is 8.67. The third-order valence-electron chi connectivity index (χ3n) is 3.85. The monoisotopic (exact) mass is 358 g/mol. The van der Waals surface area contributed by atoms with E-state index < -0.39 is 6.04 Å². The molecule has 0 aliphatic heterocycles. The number of carbonyl (C=O) groups is 2. The van der Waals surface area contributed by atoms with Crippen molar-refractivity contribution in [2.75, 3.05) is 5.32 Å². The van der Waals surface area contributed by atoms with Gasteiger partial charge in [0, 0.05) is 5.56 Å². The van der Waals surface area contributed by atoms with Gasteiger partial charge in [0.05, 0.1) is 10.7 Å². The number of nitrogens with one attached hydrogen (secondary N) is 2. The van der Waals surface area contributed by atoms with Gasteiger partial charge in [-0.05, 0) is 43.0 Å². The number of rotatable bonds is 6. The molecule has 0 heterocycles. The molecule has 4 nitrogen and oxygen atoms in total. The van der Waals surface area contributed by atoms with Gasteiger partial charge in [-0.1, -0.05) is 55.8 Å². The molecule has 2 aromatic rings. The van der Waals surface area contributed by atoms with Gasteiger partial charge in [-0.2, -0.15) is 0 Å². The molecule has 2 aromatic carbocycles. The Bertz CT molecular complexity index is 759. The average Bonchev–Trinajstić information content (AvgIpc) is 2.56. The van der Waals surface area contributed by atoms with Gasteiger partial charge in [-0.3, -0.25) is 9.59 Å². The van der Waals surface area contributed by atoms with E-state index in [-0.39, 0.29) is 17.7 Å². The molecule has 0 bridgehead atoms. The summed E-state index contributed by atoms with van der Waals surface area (Å²) in [5.41, 5.74) is 1.98. The van der Waals surface area contributed by atoms with Crippen LogP contribution in [0.1, 0.15) is 36.2 Å². The summed E-state index contributed by atoms with van der Waals surface area (Å²) in [5.74, 6) is -0.277. The fraction of sp³-hybridized carbons (Fsp3) is 0.300. The molecule has 0 fully saturated rings. The molecule has 1 atom stereocenters. The van der Waals surface area contributed by atoms with E-state index in [9.17, 15) is 9.59 Å². The number of para-hydroxylation sites is 1. The summed E-state index contributed by atoms with van der Waals surface area (Å²) in [6, 6.07) is 13.7. The Balaban J connectivity index is 2.15. The highest BCUT2D eigenvalue weighted by Crippen LogP contribution is 2.21. The highest BCUT2D eigenvalue weighted by atomic mass is 35.5. The standard InChI is InChI=1S/C20H23ClN2O2/c1-13(2)12-18(20(25)22-17-11-7-6-10-16(17)21)23-19(24)15-9-5-4-8-14(15)3/h4-11,13,18H,12H2,1-3H3,(H,22,25)(H,23,24). The molecule has 0 aromatic heterocycles. The van der Waals surface area contributed by atoms with Gasteiger partial charge in [-0.25, -0.2) is 0 Å². The zero-order chi connectivity index (χ0) is 18.4. The maximum absolute atomic E-state index is 12.7. The number of carbonyl (C=O) groups excluding carboxylic acids is 2. The molecule has 2 N–H and O–H groups in total. The fourth-order valence-corrected chi connectivity index (χ4v) is 2.73. The van der Waals surface area contributed by atoms with Crippen molar-refractivity contribution in [2.45, 2.75) is 33.2 Å². The molecule has 0 spiro atoms. The van der Waals surface area contributed by atoms with Crippen LogP contribution in [0.5, 0.6) is 0 Å². The van der Waals surface area contributed by atoms with Gasteiger partial charge in [0.2, 0.25) is 5.91 Å².